The quantitative estimate of drug-likeness (QED) is 0.738. The Balaban J connectivity index is 1.99. The van der Waals surface area contributed by atoms with Gasteiger partial charge < -0.3 is 14.7 Å². The van der Waals surface area contributed by atoms with E-state index in [4.69, 9.17) is 4.74 Å². The van der Waals surface area contributed by atoms with Gasteiger partial charge in [-0.3, -0.25) is 4.79 Å². The Morgan fingerprint density at radius 2 is 2.07 bits per heavy atom. The van der Waals surface area contributed by atoms with Crippen molar-refractivity contribution in [2.24, 2.45) is 5.41 Å². The molecule has 15 heavy (non-hydrogen) atoms. The molecule has 2 fully saturated rings. The van der Waals surface area contributed by atoms with Crippen molar-refractivity contribution >= 4 is 5.91 Å². The third kappa shape index (κ3) is 1.76. The smallest absolute Gasteiger partial charge is 0.235 e. The van der Waals surface area contributed by atoms with Gasteiger partial charge >= 0.3 is 0 Å². The predicted molar refractivity (Wildman–Crippen MR) is 55.4 cm³/mol. The minimum atomic E-state index is -0.628. The Morgan fingerprint density at radius 3 is 2.47 bits per heavy atom. The monoisotopic (exact) mass is 213 g/mol. The van der Waals surface area contributed by atoms with E-state index in [1.807, 2.05) is 11.9 Å². The second-order valence-electron chi connectivity index (χ2n) is 4.79. The van der Waals surface area contributed by atoms with Crippen LogP contribution in [0, 0.1) is 5.41 Å². The van der Waals surface area contributed by atoms with Gasteiger partial charge in [-0.25, -0.2) is 0 Å². The fraction of sp³-hybridized carbons (Fsp3) is 0.909. The van der Waals surface area contributed by atoms with Crippen LogP contribution in [0.2, 0.25) is 0 Å². The predicted octanol–water partition coefficient (Wildman–Crippen LogP) is 0.396. The van der Waals surface area contributed by atoms with Gasteiger partial charge in [0.05, 0.1) is 19.8 Å². The largest absolute Gasteiger partial charge is 0.395 e. The van der Waals surface area contributed by atoms with E-state index in [9.17, 15) is 9.90 Å². The van der Waals surface area contributed by atoms with Crippen molar-refractivity contribution in [3.8, 4) is 0 Å². The molecule has 0 unspecified atom stereocenters. The first-order chi connectivity index (χ1) is 7.19. The van der Waals surface area contributed by atoms with E-state index in [0.717, 1.165) is 12.8 Å². The molecule has 2 aliphatic rings. The van der Waals surface area contributed by atoms with Crippen LogP contribution in [-0.2, 0) is 9.53 Å². The molecule has 1 heterocycles. The first-order valence-corrected chi connectivity index (χ1v) is 5.65. The van der Waals surface area contributed by atoms with Gasteiger partial charge in [-0.05, 0) is 12.8 Å². The van der Waals surface area contributed by atoms with Crippen LogP contribution in [0.1, 0.15) is 25.7 Å². The summed E-state index contributed by atoms with van der Waals surface area (Å²) in [5, 5.41) is 9.27. The van der Waals surface area contributed by atoms with Crippen molar-refractivity contribution in [2.75, 3.05) is 26.9 Å². The lowest BCUT2D eigenvalue weighted by Gasteiger charge is -2.42. The maximum Gasteiger partial charge on any atom is 0.235 e. The molecule has 0 spiro atoms. The van der Waals surface area contributed by atoms with E-state index in [2.05, 4.69) is 0 Å². The standard InChI is InChI=1S/C11H19NO3/c1-12(9-4-2-3-5-9)10(14)11(6-13)7-15-8-11/h9,13H,2-8H2,1H3. The molecule has 1 amide bonds. The van der Waals surface area contributed by atoms with Gasteiger partial charge in [0.1, 0.15) is 5.41 Å². The van der Waals surface area contributed by atoms with Gasteiger partial charge in [-0.1, -0.05) is 12.8 Å². The van der Waals surface area contributed by atoms with Crippen molar-refractivity contribution in [1.82, 2.24) is 4.90 Å². The maximum atomic E-state index is 12.2. The zero-order valence-corrected chi connectivity index (χ0v) is 9.24. The van der Waals surface area contributed by atoms with E-state index in [-0.39, 0.29) is 12.5 Å². The molecular formula is C11H19NO3. The van der Waals surface area contributed by atoms with E-state index in [1.54, 1.807) is 0 Å². The Hall–Kier alpha value is -0.610. The van der Waals surface area contributed by atoms with Crippen molar-refractivity contribution in [2.45, 2.75) is 31.7 Å². The molecule has 2 rings (SSSR count). The molecule has 0 aromatic rings. The van der Waals surface area contributed by atoms with Crippen LogP contribution in [0.3, 0.4) is 0 Å². The van der Waals surface area contributed by atoms with Crippen LogP contribution in [-0.4, -0.2) is 48.8 Å². The third-order valence-corrected chi connectivity index (χ3v) is 3.71. The zero-order chi connectivity index (χ0) is 10.9. The number of rotatable bonds is 3. The van der Waals surface area contributed by atoms with Crippen LogP contribution >= 0.6 is 0 Å². The third-order valence-electron chi connectivity index (χ3n) is 3.71. The first kappa shape index (κ1) is 10.9. The van der Waals surface area contributed by atoms with Crippen molar-refractivity contribution in [3.63, 3.8) is 0 Å². The first-order valence-electron chi connectivity index (χ1n) is 5.65. The number of aliphatic hydroxyl groups excluding tert-OH is 1. The minimum Gasteiger partial charge on any atom is -0.395 e. The molecule has 4 nitrogen and oxygen atoms in total. The fourth-order valence-electron chi connectivity index (χ4n) is 2.46. The van der Waals surface area contributed by atoms with Crippen molar-refractivity contribution in [1.29, 1.82) is 0 Å². The molecule has 1 aliphatic carbocycles. The van der Waals surface area contributed by atoms with Gasteiger partial charge in [-0.15, -0.1) is 0 Å². The van der Waals surface area contributed by atoms with Gasteiger partial charge in [-0.2, -0.15) is 0 Å². The normalized spacial score (nSPS) is 24.9. The molecule has 0 radical (unpaired) electrons. The average molecular weight is 213 g/mol. The highest BCUT2D eigenvalue weighted by atomic mass is 16.5. The second kappa shape index (κ2) is 4.10. The number of carbonyl (C=O) groups is 1. The van der Waals surface area contributed by atoms with E-state index in [1.165, 1.54) is 12.8 Å². The summed E-state index contributed by atoms with van der Waals surface area (Å²) in [5.74, 6) is 0.0585. The highest BCUT2D eigenvalue weighted by Gasteiger charge is 2.48. The van der Waals surface area contributed by atoms with Gasteiger partial charge in [0.15, 0.2) is 0 Å². The Labute approximate surface area is 90.2 Å². The summed E-state index contributed by atoms with van der Waals surface area (Å²) in [6.07, 6.45) is 4.63. The second-order valence-corrected chi connectivity index (χ2v) is 4.79. The lowest BCUT2D eigenvalue weighted by atomic mass is 9.85. The number of carbonyl (C=O) groups excluding carboxylic acids is 1. The molecule has 0 atom stereocenters. The van der Waals surface area contributed by atoms with Crippen LogP contribution in [0.25, 0.3) is 0 Å². The highest BCUT2D eigenvalue weighted by molar-refractivity contribution is 5.84. The Bertz CT molecular complexity index is 239. The topological polar surface area (TPSA) is 49.8 Å². The minimum absolute atomic E-state index is 0.0585. The number of hydrogen-bond donors (Lipinski definition) is 1. The molecule has 1 N–H and O–H groups in total. The summed E-state index contributed by atoms with van der Waals surface area (Å²) >= 11 is 0. The zero-order valence-electron chi connectivity index (χ0n) is 9.24. The fourth-order valence-corrected chi connectivity index (χ4v) is 2.46. The molecule has 1 saturated heterocycles. The molecule has 1 aliphatic heterocycles. The average Bonchev–Trinajstić information content (AvgIpc) is 2.68. The summed E-state index contributed by atoms with van der Waals surface area (Å²) in [4.78, 5) is 14.0. The number of nitrogens with zero attached hydrogens (tertiary/aromatic N) is 1. The Kier molecular flexibility index (Phi) is 2.98. The van der Waals surface area contributed by atoms with Crippen molar-refractivity contribution in [3.05, 3.63) is 0 Å². The van der Waals surface area contributed by atoms with Crippen LogP contribution in [0.4, 0.5) is 0 Å². The van der Waals surface area contributed by atoms with Crippen LogP contribution in [0.15, 0.2) is 0 Å². The molecule has 4 heteroatoms. The molecule has 86 valence electrons. The van der Waals surface area contributed by atoms with Gasteiger partial charge in [0.2, 0.25) is 5.91 Å². The number of aliphatic hydroxyl groups is 1. The van der Waals surface area contributed by atoms with Crippen LogP contribution in [0.5, 0.6) is 0 Å². The lowest BCUT2D eigenvalue weighted by Crippen LogP contribution is -2.58. The molecule has 0 aromatic carbocycles. The number of amides is 1. The molecule has 0 bridgehead atoms. The molecule has 1 saturated carbocycles. The Morgan fingerprint density at radius 1 is 1.47 bits per heavy atom. The van der Waals surface area contributed by atoms with E-state index < -0.39 is 5.41 Å². The van der Waals surface area contributed by atoms with Crippen molar-refractivity contribution < 1.29 is 14.6 Å². The highest BCUT2D eigenvalue weighted by Crippen LogP contribution is 2.32. The van der Waals surface area contributed by atoms with Gasteiger partial charge in [0.25, 0.3) is 0 Å². The van der Waals surface area contributed by atoms with E-state index >= 15 is 0 Å². The lowest BCUT2D eigenvalue weighted by molar-refractivity contribution is -0.181. The van der Waals surface area contributed by atoms with E-state index in [0.29, 0.717) is 19.3 Å². The summed E-state index contributed by atoms with van der Waals surface area (Å²) in [5.41, 5.74) is -0.628. The summed E-state index contributed by atoms with van der Waals surface area (Å²) in [6.45, 7) is 0.654. The summed E-state index contributed by atoms with van der Waals surface area (Å²) in [6, 6.07) is 0.376. The van der Waals surface area contributed by atoms with Gasteiger partial charge in [0, 0.05) is 13.1 Å². The molecule has 0 aromatic heterocycles. The number of hydrogen-bond acceptors (Lipinski definition) is 3. The molecular weight excluding hydrogens is 194 g/mol. The maximum absolute atomic E-state index is 12.2. The van der Waals surface area contributed by atoms with Crippen LogP contribution < -0.4 is 0 Å². The number of ether oxygens (including phenoxy) is 1. The summed E-state index contributed by atoms with van der Waals surface area (Å²) in [7, 11) is 1.86. The summed E-state index contributed by atoms with van der Waals surface area (Å²) < 4.78 is 5.06. The SMILES string of the molecule is CN(C(=O)C1(CO)COC1)C1CCCC1.